The van der Waals surface area contributed by atoms with Gasteiger partial charge in [-0.3, -0.25) is 9.36 Å². The van der Waals surface area contributed by atoms with Gasteiger partial charge in [-0.2, -0.15) is 0 Å². The molecular formula is C27H20N6OS. The molecular weight excluding hydrogens is 456 g/mol. The Morgan fingerprint density at radius 1 is 0.971 bits per heavy atom. The van der Waals surface area contributed by atoms with E-state index in [-0.39, 0.29) is 11.6 Å². The molecule has 2 aromatic carbocycles. The summed E-state index contributed by atoms with van der Waals surface area (Å²) in [6.45, 7) is 2.03. The summed E-state index contributed by atoms with van der Waals surface area (Å²) in [5.74, 6) is 0.693. The molecule has 0 aliphatic heterocycles. The zero-order valence-electron chi connectivity index (χ0n) is 18.8. The van der Waals surface area contributed by atoms with Gasteiger partial charge in [0.15, 0.2) is 5.82 Å². The molecule has 35 heavy (non-hydrogen) atoms. The molecule has 4 aromatic heterocycles. The Balaban J connectivity index is 1.58. The average Bonchev–Trinajstić information content (AvgIpc) is 3.39. The largest absolute Gasteiger partial charge is 0.360 e. The maximum absolute atomic E-state index is 14.1. The minimum atomic E-state index is -0.226. The first-order valence-corrected chi connectivity index (χ1v) is 12.0. The van der Waals surface area contributed by atoms with Gasteiger partial charge in [0.2, 0.25) is 0 Å². The van der Waals surface area contributed by atoms with Gasteiger partial charge in [0, 0.05) is 35.5 Å². The lowest BCUT2D eigenvalue weighted by Gasteiger charge is -2.22. The van der Waals surface area contributed by atoms with Crippen LogP contribution in [0.15, 0.2) is 95.9 Å². The summed E-state index contributed by atoms with van der Waals surface area (Å²) in [5.41, 5.74) is 5.76. The minimum Gasteiger partial charge on any atom is -0.360 e. The number of rotatable bonds is 5. The highest BCUT2D eigenvalue weighted by molar-refractivity contribution is 7.16. The summed E-state index contributed by atoms with van der Waals surface area (Å²) in [4.78, 5) is 31.4. The van der Waals surface area contributed by atoms with Crippen molar-refractivity contribution in [2.24, 2.45) is 0 Å². The van der Waals surface area contributed by atoms with Crippen molar-refractivity contribution in [2.45, 2.75) is 13.0 Å². The van der Waals surface area contributed by atoms with Crippen LogP contribution in [-0.4, -0.2) is 24.5 Å². The normalized spacial score (nSPS) is 12.1. The van der Waals surface area contributed by atoms with E-state index in [1.165, 1.54) is 6.33 Å². The second kappa shape index (κ2) is 8.73. The lowest BCUT2D eigenvalue weighted by molar-refractivity contribution is 0.774. The third kappa shape index (κ3) is 3.74. The molecule has 6 aromatic rings. The van der Waals surface area contributed by atoms with Crippen LogP contribution in [0.1, 0.15) is 18.7 Å². The third-order valence-electron chi connectivity index (χ3n) is 6.01. The lowest BCUT2D eigenvalue weighted by Crippen LogP contribution is -2.26. The van der Waals surface area contributed by atoms with Crippen molar-refractivity contribution in [3.8, 4) is 16.8 Å². The molecule has 170 valence electrons. The number of thiazole rings is 1. The number of para-hydroxylation sites is 1. The predicted octanol–water partition coefficient (Wildman–Crippen LogP) is 5.63. The topological polar surface area (TPSA) is 85.6 Å². The Morgan fingerprint density at radius 2 is 1.80 bits per heavy atom. The second-order valence-corrected chi connectivity index (χ2v) is 9.05. The van der Waals surface area contributed by atoms with Crippen molar-refractivity contribution < 1.29 is 0 Å². The standard InChI is InChI=1S/C27H20N6OS/c1-17(32-26-25-23(10-11-30-26)35-16-31-25)22-12-18-6-5-9-21(19-13-28-15-29-14-19)24(18)27(34)33(22)20-7-3-2-4-8-20/h2-17H,1H3,(H,30,32)/t17-/m0/s1. The zero-order chi connectivity index (χ0) is 23.8. The van der Waals surface area contributed by atoms with Crippen molar-refractivity contribution in [3.63, 3.8) is 0 Å². The van der Waals surface area contributed by atoms with Crippen LogP contribution < -0.4 is 10.9 Å². The number of benzene rings is 2. The number of anilines is 1. The molecule has 0 radical (unpaired) electrons. The first kappa shape index (κ1) is 21.1. The molecule has 0 saturated heterocycles. The zero-order valence-corrected chi connectivity index (χ0v) is 19.6. The van der Waals surface area contributed by atoms with Gasteiger partial charge in [-0.15, -0.1) is 11.3 Å². The molecule has 4 heterocycles. The fraction of sp³-hybridized carbons (Fsp3) is 0.0741. The first-order chi connectivity index (χ1) is 17.2. The Morgan fingerprint density at radius 3 is 2.63 bits per heavy atom. The van der Waals surface area contributed by atoms with Gasteiger partial charge in [0.1, 0.15) is 11.8 Å². The smallest absolute Gasteiger partial charge is 0.263 e. The van der Waals surface area contributed by atoms with E-state index in [0.29, 0.717) is 11.2 Å². The number of hydrogen-bond acceptors (Lipinski definition) is 7. The summed E-state index contributed by atoms with van der Waals surface area (Å²) in [7, 11) is 0. The molecule has 0 aliphatic rings. The van der Waals surface area contributed by atoms with Gasteiger partial charge in [0.25, 0.3) is 5.56 Å². The predicted molar refractivity (Wildman–Crippen MR) is 140 cm³/mol. The van der Waals surface area contributed by atoms with Crippen LogP contribution in [0, 0.1) is 0 Å². The van der Waals surface area contributed by atoms with Crippen molar-refractivity contribution in [1.29, 1.82) is 0 Å². The Hall–Kier alpha value is -4.43. The highest BCUT2D eigenvalue weighted by Gasteiger charge is 2.20. The number of nitrogens with zero attached hydrogens (tertiary/aromatic N) is 5. The number of hydrogen-bond donors (Lipinski definition) is 1. The van der Waals surface area contributed by atoms with Crippen LogP contribution in [0.4, 0.5) is 5.82 Å². The number of fused-ring (bicyclic) bond motifs is 2. The van der Waals surface area contributed by atoms with Crippen LogP contribution >= 0.6 is 11.3 Å². The van der Waals surface area contributed by atoms with Gasteiger partial charge in [0.05, 0.1) is 21.6 Å². The molecule has 0 fully saturated rings. The van der Waals surface area contributed by atoms with Crippen LogP contribution in [-0.2, 0) is 0 Å². The van der Waals surface area contributed by atoms with Crippen LogP contribution in [0.5, 0.6) is 0 Å². The fourth-order valence-corrected chi connectivity index (χ4v) is 5.07. The number of pyridine rings is 2. The average molecular weight is 477 g/mol. The Bertz CT molecular complexity index is 1710. The highest BCUT2D eigenvalue weighted by Crippen LogP contribution is 2.31. The van der Waals surface area contributed by atoms with E-state index in [1.807, 2.05) is 67.0 Å². The van der Waals surface area contributed by atoms with E-state index in [4.69, 9.17) is 0 Å². The van der Waals surface area contributed by atoms with E-state index in [1.54, 1.807) is 34.5 Å². The maximum atomic E-state index is 14.1. The first-order valence-electron chi connectivity index (χ1n) is 11.1. The molecule has 0 bridgehead atoms. The molecule has 8 heteroatoms. The summed E-state index contributed by atoms with van der Waals surface area (Å²) in [6, 6.07) is 19.3. The summed E-state index contributed by atoms with van der Waals surface area (Å²) >= 11 is 1.57. The Kier molecular flexibility index (Phi) is 5.27. The van der Waals surface area contributed by atoms with Gasteiger partial charge < -0.3 is 5.32 Å². The molecule has 0 unspecified atom stereocenters. The fourth-order valence-electron chi connectivity index (χ4n) is 4.40. The summed E-state index contributed by atoms with van der Waals surface area (Å²) in [6.07, 6.45) is 6.71. The van der Waals surface area contributed by atoms with Gasteiger partial charge in [-0.05, 0) is 42.1 Å². The highest BCUT2D eigenvalue weighted by atomic mass is 32.1. The molecule has 7 nitrogen and oxygen atoms in total. The molecule has 0 aliphatic carbocycles. The van der Waals surface area contributed by atoms with Crippen molar-refractivity contribution in [3.05, 3.63) is 107 Å². The van der Waals surface area contributed by atoms with Crippen molar-refractivity contribution >= 4 is 38.1 Å². The molecule has 0 saturated carbocycles. The Labute approximate surface area is 204 Å². The van der Waals surface area contributed by atoms with Crippen molar-refractivity contribution in [1.82, 2.24) is 24.5 Å². The minimum absolute atomic E-state index is 0.100. The number of aromatic nitrogens is 5. The van der Waals surface area contributed by atoms with E-state index in [2.05, 4.69) is 31.3 Å². The number of nitrogens with one attached hydrogen (secondary N) is 1. The van der Waals surface area contributed by atoms with E-state index in [9.17, 15) is 4.79 Å². The molecule has 6 rings (SSSR count). The molecule has 0 spiro atoms. The van der Waals surface area contributed by atoms with E-state index >= 15 is 0 Å². The van der Waals surface area contributed by atoms with Crippen molar-refractivity contribution in [2.75, 3.05) is 5.32 Å². The van der Waals surface area contributed by atoms with Crippen LogP contribution in [0.3, 0.4) is 0 Å². The van der Waals surface area contributed by atoms with E-state index < -0.39 is 0 Å². The summed E-state index contributed by atoms with van der Waals surface area (Å²) in [5, 5.41) is 4.97. The quantitative estimate of drug-likeness (QED) is 0.347. The maximum Gasteiger partial charge on any atom is 0.263 e. The van der Waals surface area contributed by atoms with Gasteiger partial charge in [-0.1, -0.05) is 36.4 Å². The molecule has 0 amide bonds. The molecule has 1 atom stereocenters. The van der Waals surface area contributed by atoms with Gasteiger partial charge in [-0.25, -0.2) is 19.9 Å². The van der Waals surface area contributed by atoms with Crippen LogP contribution in [0.25, 0.3) is 37.8 Å². The third-order valence-corrected chi connectivity index (χ3v) is 6.80. The monoisotopic (exact) mass is 476 g/mol. The lowest BCUT2D eigenvalue weighted by atomic mass is 9.99. The second-order valence-electron chi connectivity index (χ2n) is 8.17. The summed E-state index contributed by atoms with van der Waals surface area (Å²) < 4.78 is 2.83. The van der Waals surface area contributed by atoms with Gasteiger partial charge >= 0.3 is 0 Å². The van der Waals surface area contributed by atoms with Crippen LogP contribution in [0.2, 0.25) is 0 Å². The molecule has 1 N–H and O–H groups in total. The van der Waals surface area contributed by atoms with E-state index in [0.717, 1.165) is 38.1 Å². The SMILES string of the molecule is C[C@H](Nc1nccc2scnc12)c1cc2cccc(-c3cncnc3)c2c(=O)n1-c1ccccc1.